The second-order valence-corrected chi connectivity index (χ2v) is 6.23. The van der Waals surface area contributed by atoms with Crippen LogP contribution in [0.25, 0.3) is 0 Å². The molecule has 1 saturated heterocycles. The van der Waals surface area contributed by atoms with Gasteiger partial charge in [-0.15, -0.1) is 0 Å². The zero-order valence-electron chi connectivity index (χ0n) is 10.8. The number of aliphatic hydroxyl groups excluding tert-OH is 1. The fourth-order valence-corrected chi connectivity index (χ4v) is 3.86. The lowest BCUT2D eigenvalue weighted by Crippen LogP contribution is -2.50. The number of hydrogen-bond donors (Lipinski definition) is 1. The quantitative estimate of drug-likeness (QED) is 0.623. The molecule has 0 amide bonds. The average Bonchev–Trinajstić information content (AvgIpc) is 2.46. The van der Waals surface area contributed by atoms with Crippen LogP contribution < -0.4 is 0 Å². The second kappa shape index (κ2) is 6.02. The van der Waals surface area contributed by atoms with Crippen LogP contribution in [0.4, 0.5) is 10.1 Å². The zero-order chi connectivity index (χ0) is 15.6. The first-order chi connectivity index (χ1) is 9.89. The summed E-state index contributed by atoms with van der Waals surface area (Å²) in [7, 11) is -4.31. The largest absolute Gasteiger partial charge is 0.395 e. The molecule has 0 saturated carbocycles. The van der Waals surface area contributed by atoms with Crippen molar-refractivity contribution in [3.05, 3.63) is 34.1 Å². The lowest BCUT2D eigenvalue weighted by Gasteiger charge is -2.33. The number of nitro groups is 1. The second-order valence-electron chi connectivity index (χ2n) is 4.37. The standard InChI is InChI=1S/C11H13FN2O6S/c12-9-2-1-3-10(11(9)14(16)17)21(18,19)13-4-5-20-7-8(13)6-15/h1-3,8,15H,4-7H2. The predicted octanol–water partition coefficient (Wildman–Crippen LogP) is 0.116. The normalized spacial score (nSPS) is 20.4. The van der Waals surface area contributed by atoms with Gasteiger partial charge < -0.3 is 9.84 Å². The van der Waals surface area contributed by atoms with Gasteiger partial charge in [-0.05, 0) is 12.1 Å². The number of nitro benzene ring substituents is 1. The minimum atomic E-state index is -4.31. The SMILES string of the molecule is O=[N+]([O-])c1c(F)cccc1S(=O)(=O)N1CCOCC1CO. The lowest BCUT2D eigenvalue weighted by molar-refractivity contribution is -0.390. The van der Waals surface area contributed by atoms with E-state index in [0.29, 0.717) is 0 Å². The van der Waals surface area contributed by atoms with E-state index in [9.17, 15) is 28.0 Å². The lowest BCUT2D eigenvalue weighted by atomic mass is 10.3. The van der Waals surface area contributed by atoms with E-state index >= 15 is 0 Å². The van der Waals surface area contributed by atoms with Gasteiger partial charge in [0.25, 0.3) is 10.0 Å². The third-order valence-electron chi connectivity index (χ3n) is 3.10. The van der Waals surface area contributed by atoms with Crippen LogP contribution >= 0.6 is 0 Å². The smallest absolute Gasteiger partial charge is 0.324 e. The van der Waals surface area contributed by atoms with Crippen molar-refractivity contribution in [3.8, 4) is 0 Å². The molecule has 0 aromatic heterocycles. The van der Waals surface area contributed by atoms with E-state index in [-0.39, 0.29) is 19.8 Å². The zero-order valence-corrected chi connectivity index (χ0v) is 11.6. The molecule has 8 nitrogen and oxygen atoms in total. The van der Waals surface area contributed by atoms with Gasteiger partial charge in [-0.1, -0.05) is 6.07 Å². The predicted molar refractivity (Wildman–Crippen MR) is 68.6 cm³/mol. The van der Waals surface area contributed by atoms with Gasteiger partial charge in [0.1, 0.15) is 0 Å². The highest BCUT2D eigenvalue weighted by Crippen LogP contribution is 2.30. The number of halogens is 1. The molecule has 1 aromatic rings. The molecule has 21 heavy (non-hydrogen) atoms. The molecular formula is C11H13FN2O6S. The summed E-state index contributed by atoms with van der Waals surface area (Å²) in [5.74, 6) is -1.23. The van der Waals surface area contributed by atoms with Gasteiger partial charge in [0.15, 0.2) is 4.90 Å². The van der Waals surface area contributed by atoms with Crippen molar-refractivity contribution in [3.63, 3.8) is 0 Å². The summed E-state index contributed by atoms with van der Waals surface area (Å²) in [6.07, 6.45) is 0. The Balaban J connectivity index is 2.54. The fraction of sp³-hybridized carbons (Fsp3) is 0.455. The Hall–Kier alpha value is -1.62. The molecule has 0 bridgehead atoms. The molecule has 2 rings (SSSR count). The maximum Gasteiger partial charge on any atom is 0.324 e. The van der Waals surface area contributed by atoms with E-state index in [1.807, 2.05) is 0 Å². The Morgan fingerprint density at radius 3 is 2.86 bits per heavy atom. The van der Waals surface area contributed by atoms with Gasteiger partial charge in [-0.25, -0.2) is 8.42 Å². The maximum atomic E-state index is 13.6. The molecular weight excluding hydrogens is 307 g/mol. The van der Waals surface area contributed by atoms with Crippen LogP contribution in [0.1, 0.15) is 0 Å². The number of rotatable bonds is 4. The van der Waals surface area contributed by atoms with Crippen LogP contribution in [0.15, 0.2) is 23.1 Å². The van der Waals surface area contributed by atoms with Gasteiger partial charge >= 0.3 is 5.69 Å². The molecule has 1 aliphatic heterocycles. The van der Waals surface area contributed by atoms with Crippen molar-refractivity contribution < 1.29 is 27.6 Å². The van der Waals surface area contributed by atoms with Crippen LogP contribution in [-0.4, -0.2) is 55.2 Å². The molecule has 1 heterocycles. The molecule has 1 atom stereocenters. The monoisotopic (exact) mass is 320 g/mol. The number of para-hydroxylation sites is 1. The molecule has 1 unspecified atom stereocenters. The first kappa shape index (κ1) is 15.8. The molecule has 0 aliphatic carbocycles. The van der Waals surface area contributed by atoms with Crippen LogP contribution in [0, 0.1) is 15.9 Å². The summed E-state index contributed by atoms with van der Waals surface area (Å²) in [4.78, 5) is 9.13. The van der Waals surface area contributed by atoms with Crippen molar-refractivity contribution in [2.24, 2.45) is 0 Å². The molecule has 1 N–H and O–H groups in total. The molecule has 116 valence electrons. The topological polar surface area (TPSA) is 110 Å². The van der Waals surface area contributed by atoms with E-state index in [4.69, 9.17) is 4.74 Å². The third kappa shape index (κ3) is 2.88. The van der Waals surface area contributed by atoms with Crippen molar-refractivity contribution in [1.82, 2.24) is 4.31 Å². The van der Waals surface area contributed by atoms with Crippen molar-refractivity contribution >= 4 is 15.7 Å². The van der Waals surface area contributed by atoms with Gasteiger partial charge in [-0.3, -0.25) is 10.1 Å². The van der Waals surface area contributed by atoms with E-state index in [1.54, 1.807) is 0 Å². The van der Waals surface area contributed by atoms with Crippen molar-refractivity contribution in [2.75, 3.05) is 26.4 Å². The van der Waals surface area contributed by atoms with Gasteiger partial charge in [0.2, 0.25) is 5.82 Å². The average molecular weight is 320 g/mol. The maximum absolute atomic E-state index is 13.6. The van der Waals surface area contributed by atoms with E-state index in [0.717, 1.165) is 22.5 Å². The number of ether oxygens (including phenoxy) is 1. The summed E-state index contributed by atoms with van der Waals surface area (Å²) in [5, 5.41) is 20.1. The highest BCUT2D eigenvalue weighted by Gasteiger charge is 2.38. The molecule has 1 fully saturated rings. The summed E-state index contributed by atoms with van der Waals surface area (Å²) in [5.41, 5.74) is -1.10. The third-order valence-corrected chi connectivity index (χ3v) is 5.09. The molecule has 1 aliphatic rings. The minimum Gasteiger partial charge on any atom is -0.395 e. The Morgan fingerprint density at radius 1 is 1.52 bits per heavy atom. The highest BCUT2D eigenvalue weighted by molar-refractivity contribution is 7.89. The summed E-state index contributed by atoms with van der Waals surface area (Å²) in [6, 6.07) is 2.02. The number of aliphatic hydroxyl groups is 1. The number of benzene rings is 1. The van der Waals surface area contributed by atoms with E-state index < -0.39 is 44.0 Å². The minimum absolute atomic E-state index is 0.0289. The highest BCUT2D eigenvalue weighted by atomic mass is 32.2. The summed E-state index contributed by atoms with van der Waals surface area (Å²) < 4.78 is 44.6. The number of nitrogens with zero attached hydrogens (tertiary/aromatic N) is 2. The Bertz CT molecular complexity index is 650. The first-order valence-electron chi connectivity index (χ1n) is 6.03. The molecule has 0 spiro atoms. The number of morpholine rings is 1. The Morgan fingerprint density at radius 2 is 2.24 bits per heavy atom. The molecule has 1 aromatic carbocycles. The van der Waals surface area contributed by atoms with Crippen molar-refractivity contribution in [1.29, 1.82) is 0 Å². The summed E-state index contributed by atoms with van der Waals surface area (Å²) in [6.45, 7) is -0.499. The number of hydrogen-bond acceptors (Lipinski definition) is 6. The number of sulfonamides is 1. The van der Waals surface area contributed by atoms with Crippen LogP contribution in [0.5, 0.6) is 0 Å². The van der Waals surface area contributed by atoms with Gasteiger partial charge in [0, 0.05) is 6.54 Å². The Kier molecular flexibility index (Phi) is 4.52. The fourth-order valence-electron chi connectivity index (χ4n) is 2.11. The Labute approximate surface area is 119 Å². The molecule has 0 radical (unpaired) electrons. The van der Waals surface area contributed by atoms with Crippen LogP contribution in [-0.2, 0) is 14.8 Å². The first-order valence-corrected chi connectivity index (χ1v) is 7.47. The van der Waals surface area contributed by atoms with Crippen LogP contribution in [0.2, 0.25) is 0 Å². The van der Waals surface area contributed by atoms with E-state index in [2.05, 4.69) is 0 Å². The molecule has 10 heteroatoms. The summed E-state index contributed by atoms with van der Waals surface area (Å²) >= 11 is 0. The van der Waals surface area contributed by atoms with Gasteiger partial charge in [-0.2, -0.15) is 8.70 Å². The van der Waals surface area contributed by atoms with E-state index in [1.165, 1.54) is 0 Å². The van der Waals surface area contributed by atoms with Crippen LogP contribution in [0.3, 0.4) is 0 Å². The van der Waals surface area contributed by atoms with Gasteiger partial charge in [0.05, 0.1) is 30.8 Å². The van der Waals surface area contributed by atoms with Crippen molar-refractivity contribution in [2.45, 2.75) is 10.9 Å².